The first-order valence-electron chi connectivity index (χ1n) is 10.00. The van der Waals surface area contributed by atoms with E-state index >= 15 is 0 Å². The molecule has 8 heteroatoms. The van der Waals surface area contributed by atoms with Crippen molar-refractivity contribution in [1.82, 2.24) is 9.78 Å². The van der Waals surface area contributed by atoms with Crippen LogP contribution in [0.4, 0.5) is 5.82 Å². The van der Waals surface area contributed by atoms with Gasteiger partial charge in [-0.15, -0.1) is 0 Å². The average molecular weight is 420 g/mol. The van der Waals surface area contributed by atoms with Gasteiger partial charge in [0.05, 0.1) is 29.8 Å². The molecule has 1 aromatic heterocycles. The van der Waals surface area contributed by atoms with Crippen LogP contribution >= 0.6 is 0 Å². The number of hydrogen-bond acceptors (Lipinski definition) is 5. The number of sulfone groups is 1. The van der Waals surface area contributed by atoms with Crippen molar-refractivity contribution in [3.05, 3.63) is 41.1 Å². The highest BCUT2D eigenvalue weighted by Crippen LogP contribution is 2.27. The third kappa shape index (κ3) is 5.82. The minimum absolute atomic E-state index is 0.0761. The van der Waals surface area contributed by atoms with E-state index in [2.05, 4.69) is 16.5 Å². The normalized spacial score (nSPS) is 18.0. The number of rotatable bonds is 8. The van der Waals surface area contributed by atoms with Crippen LogP contribution in [-0.4, -0.2) is 42.2 Å². The molecule has 1 atom stereocenters. The maximum absolute atomic E-state index is 12.3. The van der Waals surface area contributed by atoms with E-state index in [0.717, 1.165) is 29.0 Å². The highest BCUT2D eigenvalue weighted by atomic mass is 32.2. The Labute approximate surface area is 172 Å². The Morgan fingerprint density at radius 2 is 2.03 bits per heavy atom. The number of unbranched alkanes of at least 4 members (excludes halogenated alkanes) is 1. The molecule has 0 aliphatic carbocycles. The Morgan fingerprint density at radius 1 is 1.24 bits per heavy atom. The molecule has 1 aliphatic rings. The van der Waals surface area contributed by atoms with Gasteiger partial charge in [-0.2, -0.15) is 5.10 Å². The monoisotopic (exact) mass is 419 g/mol. The molecule has 29 heavy (non-hydrogen) atoms. The third-order valence-electron chi connectivity index (χ3n) is 5.08. The van der Waals surface area contributed by atoms with Crippen LogP contribution in [0.2, 0.25) is 0 Å². The van der Waals surface area contributed by atoms with Crippen LogP contribution in [0, 0.1) is 20.8 Å². The number of aromatic nitrogens is 2. The number of benzene rings is 1. The van der Waals surface area contributed by atoms with Gasteiger partial charge in [-0.1, -0.05) is 12.1 Å². The Balaban J connectivity index is 1.46. The zero-order valence-electron chi connectivity index (χ0n) is 17.3. The Morgan fingerprint density at radius 3 is 2.76 bits per heavy atom. The Kier molecular flexibility index (Phi) is 6.62. The molecule has 1 saturated heterocycles. The van der Waals surface area contributed by atoms with Crippen molar-refractivity contribution >= 4 is 21.6 Å². The molecule has 1 fully saturated rings. The van der Waals surface area contributed by atoms with Gasteiger partial charge in [0.25, 0.3) is 0 Å². The van der Waals surface area contributed by atoms with E-state index in [1.165, 1.54) is 0 Å². The zero-order valence-corrected chi connectivity index (χ0v) is 18.1. The lowest BCUT2D eigenvalue weighted by Gasteiger charge is -2.14. The Hall–Kier alpha value is -2.35. The van der Waals surface area contributed by atoms with Gasteiger partial charge in [-0.25, -0.2) is 13.1 Å². The smallest absolute Gasteiger partial charge is 0.225 e. The largest absolute Gasteiger partial charge is 0.493 e. The second kappa shape index (κ2) is 8.98. The molecule has 1 unspecified atom stereocenters. The number of nitrogens with one attached hydrogen (secondary N) is 1. The number of ether oxygens (including phenoxy) is 1. The van der Waals surface area contributed by atoms with Gasteiger partial charge in [0.1, 0.15) is 11.6 Å². The molecule has 0 bridgehead atoms. The van der Waals surface area contributed by atoms with Gasteiger partial charge < -0.3 is 10.1 Å². The first kappa shape index (κ1) is 21.4. The van der Waals surface area contributed by atoms with Crippen molar-refractivity contribution < 1.29 is 17.9 Å². The summed E-state index contributed by atoms with van der Waals surface area (Å²) in [7, 11) is -3.02. The molecular formula is C21H29N3O4S. The van der Waals surface area contributed by atoms with Crippen LogP contribution in [0.3, 0.4) is 0 Å². The highest BCUT2D eigenvalue weighted by molar-refractivity contribution is 7.91. The molecule has 2 heterocycles. The summed E-state index contributed by atoms with van der Waals surface area (Å²) < 4.78 is 31.0. The summed E-state index contributed by atoms with van der Waals surface area (Å²) in [6, 6.07) is 7.69. The fourth-order valence-electron chi connectivity index (χ4n) is 3.49. The van der Waals surface area contributed by atoms with Gasteiger partial charge in [-0.3, -0.25) is 4.79 Å². The van der Waals surface area contributed by atoms with Gasteiger partial charge >= 0.3 is 0 Å². The van der Waals surface area contributed by atoms with Gasteiger partial charge in [0.2, 0.25) is 5.91 Å². The molecule has 3 rings (SSSR count). The van der Waals surface area contributed by atoms with Crippen molar-refractivity contribution in [3.8, 4) is 5.75 Å². The van der Waals surface area contributed by atoms with Crippen LogP contribution in [0.5, 0.6) is 5.75 Å². The van der Waals surface area contributed by atoms with Crippen LogP contribution in [0.25, 0.3) is 0 Å². The summed E-state index contributed by atoms with van der Waals surface area (Å²) >= 11 is 0. The fraction of sp³-hybridized carbons (Fsp3) is 0.524. The van der Waals surface area contributed by atoms with E-state index in [1.54, 1.807) is 10.7 Å². The lowest BCUT2D eigenvalue weighted by Crippen LogP contribution is -2.19. The quantitative estimate of drug-likeness (QED) is 0.663. The second-order valence-corrected chi connectivity index (χ2v) is 10.0. The third-order valence-corrected chi connectivity index (χ3v) is 6.83. The maximum Gasteiger partial charge on any atom is 0.225 e. The van der Waals surface area contributed by atoms with Crippen LogP contribution in [-0.2, 0) is 14.6 Å². The average Bonchev–Trinajstić information content (AvgIpc) is 3.19. The van der Waals surface area contributed by atoms with Crippen LogP contribution in [0.1, 0.15) is 48.5 Å². The lowest BCUT2D eigenvalue weighted by atomic mass is 10.1. The molecule has 1 aromatic carbocycles. The molecule has 158 valence electrons. The number of aryl methyl sites for hydroxylation is 3. The van der Waals surface area contributed by atoms with Crippen LogP contribution < -0.4 is 10.1 Å². The first-order chi connectivity index (χ1) is 13.7. The number of amides is 1. The van der Waals surface area contributed by atoms with E-state index < -0.39 is 9.84 Å². The van der Waals surface area contributed by atoms with Gasteiger partial charge in [0, 0.05) is 12.5 Å². The van der Waals surface area contributed by atoms with E-state index in [-0.39, 0.29) is 23.5 Å². The minimum Gasteiger partial charge on any atom is -0.493 e. The number of anilines is 1. The predicted molar refractivity (Wildman–Crippen MR) is 113 cm³/mol. The molecule has 1 aliphatic heterocycles. The molecule has 0 radical (unpaired) electrons. The van der Waals surface area contributed by atoms with Crippen molar-refractivity contribution in [1.29, 1.82) is 0 Å². The summed E-state index contributed by atoms with van der Waals surface area (Å²) in [5.41, 5.74) is 3.02. The molecule has 0 spiro atoms. The van der Waals surface area contributed by atoms with Gasteiger partial charge in [0.15, 0.2) is 9.84 Å². The molecular weight excluding hydrogens is 390 g/mol. The van der Waals surface area contributed by atoms with Crippen molar-refractivity contribution in [2.45, 2.75) is 52.5 Å². The standard InChI is InChI=1S/C21H29N3O4S/c1-15-7-8-16(2)19(12-15)28-10-5-4-6-21(25)22-20-13-17(3)23-24(20)18-9-11-29(26,27)14-18/h7-8,12-13,18H,4-6,9-11,14H2,1-3H3,(H,22,25). The summed E-state index contributed by atoms with van der Waals surface area (Å²) in [6.45, 7) is 6.45. The van der Waals surface area contributed by atoms with Crippen molar-refractivity contribution in [2.75, 3.05) is 23.4 Å². The number of hydrogen-bond donors (Lipinski definition) is 1. The number of carbonyl (C=O) groups is 1. The second-order valence-electron chi connectivity index (χ2n) is 7.80. The zero-order chi connectivity index (χ0) is 21.0. The SMILES string of the molecule is Cc1ccc(C)c(OCCCCC(=O)Nc2cc(C)nn2C2CCS(=O)(=O)C2)c1. The fourth-order valence-corrected chi connectivity index (χ4v) is 5.19. The van der Waals surface area contributed by atoms with E-state index in [1.807, 2.05) is 32.9 Å². The maximum atomic E-state index is 12.3. The van der Waals surface area contributed by atoms with Crippen molar-refractivity contribution in [2.24, 2.45) is 0 Å². The van der Waals surface area contributed by atoms with E-state index in [4.69, 9.17) is 4.74 Å². The predicted octanol–water partition coefficient (Wildman–Crippen LogP) is 3.36. The Bertz CT molecular complexity index is 982. The highest BCUT2D eigenvalue weighted by Gasteiger charge is 2.31. The molecule has 1 N–H and O–H groups in total. The topological polar surface area (TPSA) is 90.3 Å². The van der Waals surface area contributed by atoms with Gasteiger partial charge in [-0.05, 0) is 57.2 Å². The molecule has 7 nitrogen and oxygen atoms in total. The van der Waals surface area contributed by atoms with E-state index in [9.17, 15) is 13.2 Å². The van der Waals surface area contributed by atoms with E-state index in [0.29, 0.717) is 31.7 Å². The number of nitrogens with zero attached hydrogens (tertiary/aromatic N) is 2. The van der Waals surface area contributed by atoms with Crippen molar-refractivity contribution in [3.63, 3.8) is 0 Å². The molecule has 0 saturated carbocycles. The lowest BCUT2D eigenvalue weighted by molar-refractivity contribution is -0.116. The summed E-state index contributed by atoms with van der Waals surface area (Å²) in [5.74, 6) is 1.61. The summed E-state index contributed by atoms with van der Waals surface area (Å²) in [4.78, 5) is 12.3. The summed E-state index contributed by atoms with van der Waals surface area (Å²) in [5, 5.41) is 7.27. The summed E-state index contributed by atoms with van der Waals surface area (Å²) in [6.07, 6.45) is 2.40. The molecule has 2 aromatic rings. The minimum atomic E-state index is -3.02. The first-order valence-corrected chi connectivity index (χ1v) is 11.8. The molecule has 1 amide bonds. The van der Waals surface area contributed by atoms with Crippen LogP contribution in [0.15, 0.2) is 24.3 Å². The number of carbonyl (C=O) groups excluding carboxylic acids is 1.